The van der Waals surface area contributed by atoms with Gasteiger partial charge in [-0.25, -0.2) is 0 Å². The van der Waals surface area contributed by atoms with Gasteiger partial charge < -0.3 is 24.4 Å². The highest BCUT2D eigenvalue weighted by atomic mass is 79.9. The number of halogens is 2. The SMILES string of the molecule is COc1ccc(C(=O)N2CC(=O)Nc3ccc(Br)cc3[C@H]2c2ccccc2Cl)c(OC)c1OC. The van der Waals surface area contributed by atoms with Crippen LogP contribution in [0.1, 0.15) is 27.5 Å². The van der Waals surface area contributed by atoms with Crippen molar-refractivity contribution in [3.63, 3.8) is 0 Å². The predicted molar refractivity (Wildman–Crippen MR) is 133 cm³/mol. The van der Waals surface area contributed by atoms with E-state index in [2.05, 4.69) is 21.2 Å². The molecule has 2 amide bonds. The molecule has 0 saturated heterocycles. The van der Waals surface area contributed by atoms with Crippen LogP contribution >= 0.6 is 27.5 Å². The number of carbonyl (C=O) groups is 2. The van der Waals surface area contributed by atoms with E-state index in [1.807, 2.05) is 30.3 Å². The highest BCUT2D eigenvalue weighted by Crippen LogP contribution is 2.44. The van der Waals surface area contributed by atoms with Crippen LogP contribution < -0.4 is 19.5 Å². The maximum atomic E-state index is 14.1. The molecule has 4 rings (SSSR count). The van der Waals surface area contributed by atoms with Gasteiger partial charge in [0.1, 0.15) is 6.54 Å². The number of methoxy groups -OCH3 is 3. The number of carbonyl (C=O) groups excluding carboxylic acids is 2. The molecule has 1 aliphatic rings. The number of amides is 2. The zero-order valence-corrected chi connectivity index (χ0v) is 21.1. The number of benzene rings is 3. The van der Waals surface area contributed by atoms with Crippen molar-refractivity contribution in [1.29, 1.82) is 0 Å². The Hall–Kier alpha value is -3.23. The maximum absolute atomic E-state index is 14.1. The Balaban J connectivity index is 1.94. The molecule has 0 bridgehead atoms. The van der Waals surface area contributed by atoms with Crippen molar-refractivity contribution >= 4 is 45.0 Å². The number of hydrogen-bond donors (Lipinski definition) is 1. The molecule has 34 heavy (non-hydrogen) atoms. The monoisotopic (exact) mass is 544 g/mol. The van der Waals surface area contributed by atoms with Crippen molar-refractivity contribution in [2.45, 2.75) is 6.04 Å². The zero-order chi connectivity index (χ0) is 24.4. The number of ether oxygens (including phenoxy) is 3. The fourth-order valence-corrected chi connectivity index (χ4v) is 4.74. The van der Waals surface area contributed by atoms with Gasteiger partial charge in [-0.3, -0.25) is 9.59 Å². The second kappa shape index (κ2) is 9.95. The number of anilines is 1. The lowest BCUT2D eigenvalue weighted by Crippen LogP contribution is -2.39. The van der Waals surface area contributed by atoms with E-state index in [1.54, 1.807) is 24.3 Å². The van der Waals surface area contributed by atoms with Gasteiger partial charge in [-0.05, 0) is 42.0 Å². The fourth-order valence-electron chi connectivity index (χ4n) is 4.12. The van der Waals surface area contributed by atoms with E-state index in [0.717, 1.165) is 10.0 Å². The molecule has 3 aromatic carbocycles. The molecule has 0 saturated carbocycles. The molecule has 1 aliphatic heterocycles. The summed E-state index contributed by atoms with van der Waals surface area (Å²) in [5.74, 6) is 0.162. The van der Waals surface area contributed by atoms with Crippen LogP contribution in [0.25, 0.3) is 0 Å². The highest BCUT2D eigenvalue weighted by molar-refractivity contribution is 9.10. The van der Waals surface area contributed by atoms with Gasteiger partial charge in [0.15, 0.2) is 11.5 Å². The minimum atomic E-state index is -0.648. The largest absolute Gasteiger partial charge is 0.493 e. The van der Waals surface area contributed by atoms with Gasteiger partial charge in [-0.15, -0.1) is 0 Å². The molecule has 0 aromatic heterocycles. The molecule has 1 heterocycles. The van der Waals surface area contributed by atoms with E-state index in [1.165, 1.54) is 26.2 Å². The van der Waals surface area contributed by atoms with Crippen molar-refractivity contribution < 1.29 is 23.8 Å². The summed E-state index contributed by atoms with van der Waals surface area (Å²) in [6.45, 7) is -0.196. The smallest absolute Gasteiger partial charge is 0.259 e. The van der Waals surface area contributed by atoms with Crippen LogP contribution in [0, 0.1) is 0 Å². The quantitative estimate of drug-likeness (QED) is 0.470. The van der Waals surface area contributed by atoms with Gasteiger partial charge in [-0.2, -0.15) is 0 Å². The molecule has 0 spiro atoms. The minimum Gasteiger partial charge on any atom is -0.493 e. The van der Waals surface area contributed by atoms with Crippen molar-refractivity contribution in [2.75, 3.05) is 33.2 Å². The maximum Gasteiger partial charge on any atom is 0.259 e. The van der Waals surface area contributed by atoms with Gasteiger partial charge in [0.25, 0.3) is 5.91 Å². The Morgan fingerprint density at radius 3 is 2.41 bits per heavy atom. The van der Waals surface area contributed by atoms with Gasteiger partial charge in [0.2, 0.25) is 11.7 Å². The van der Waals surface area contributed by atoms with Gasteiger partial charge >= 0.3 is 0 Å². The van der Waals surface area contributed by atoms with E-state index >= 15 is 0 Å². The third-order valence-electron chi connectivity index (χ3n) is 5.60. The molecule has 1 N–H and O–H groups in total. The molecule has 176 valence electrons. The summed E-state index contributed by atoms with van der Waals surface area (Å²) >= 11 is 10.1. The summed E-state index contributed by atoms with van der Waals surface area (Å²) in [5.41, 5.74) is 2.24. The Kier molecular flexibility index (Phi) is 7.00. The average Bonchev–Trinajstić information content (AvgIpc) is 2.98. The van der Waals surface area contributed by atoms with Crippen LogP contribution in [0.3, 0.4) is 0 Å². The zero-order valence-electron chi connectivity index (χ0n) is 18.7. The minimum absolute atomic E-state index is 0.196. The van der Waals surface area contributed by atoms with Crippen LogP contribution in [-0.4, -0.2) is 44.6 Å². The van der Waals surface area contributed by atoms with Crippen molar-refractivity contribution in [3.05, 3.63) is 80.8 Å². The molecule has 0 unspecified atom stereocenters. The molecule has 9 heteroatoms. The Labute approximate surface area is 210 Å². The second-order valence-corrected chi connectivity index (χ2v) is 8.84. The van der Waals surface area contributed by atoms with Crippen LogP contribution in [-0.2, 0) is 4.79 Å². The third-order valence-corrected chi connectivity index (χ3v) is 6.44. The molecule has 0 aliphatic carbocycles. The van der Waals surface area contributed by atoms with Gasteiger partial charge in [-0.1, -0.05) is 45.7 Å². The van der Waals surface area contributed by atoms with Crippen LogP contribution in [0.15, 0.2) is 59.1 Å². The van der Waals surface area contributed by atoms with Crippen LogP contribution in [0.2, 0.25) is 5.02 Å². The fraction of sp³-hybridized carbons (Fsp3) is 0.200. The van der Waals surface area contributed by atoms with E-state index in [0.29, 0.717) is 22.0 Å². The molecule has 3 aromatic rings. The van der Waals surface area contributed by atoms with E-state index < -0.39 is 11.9 Å². The summed E-state index contributed by atoms with van der Waals surface area (Å²) < 4.78 is 17.2. The number of fused-ring (bicyclic) bond motifs is 1. The summed E-state index contributed by atoms with van der Waals surface area (Å²) in [6.07, 6.45) is 0. The van der Waals surface area contributed by atoms with Crippen LogP contribution in [0.4, 0.5) is 5.69 Å². The number of rotatable bonds is 5. The molecular formula is C25H22BrClN2O5. The number of hydrogen-bond acceptors (Lipinski definition) is 5. The topological polar surface area (TPSA) is 77.1 Å². The summed E-state index contributed by atoms with van der Waals surface area (Å²) in [6, 6.07) is 15.3. The number of nitrogens with one attached hydrogen (secondary N) is 1. The van der Waals surface area contributed by atoms with Crippen molar-refractivity contribution in [1.82, 2.24) is 4.90 Å². The summed E-state index contributed by atoms with van der Waals surface area (Å²) in [5, 5.41) is 3.38. The Morgan fingerprint density at radius 1 is 1.00 bits per heavy atom. The standard InChI is InChI=1S/C25H22BrClN2O5/c1-32-20-11-9-16(23(33-2)24(20)34-3)25(31)29-13-21(30)28-19-10-8-14(26)12-17(19)22(29)15-6-4-5-7-18(15)27/h4-12,22H,13H2,1-3H3,(H,28,30)/t22-/m1/s1. The first-order chi connectivity index (χ1) is 16.4. The third kappa shape index (κ3) is 4.31. The summed E-state index contributed by atoms with van der Waals surface area (Å²) in [7, 11) is 4.41. The normalized spacial score (nSPS) is 15.1. The molecule has 1 atom stereocenters. The lowest BCUT2D eigenvalue weighted by atomic mass is 9.95. The lowest BCUT2D eigenvalue weighted by Gasteiger charge is -2.32. The van der Waals surface area contributed by atoms with Gasteiger partial charge in [0.05, 0.1) is 32.9 Å². The van der Waals surface area contributed by atoms with E-state index in [-0.39, 0.29) is 29.5 Å². The summed E-state index contributed by atoms with van der Waals surface area (Å²) in [4.78, 5) is 28.4. The molecule has 7 nitrogen and oxygen atoms in total. The molecule has 0 radical (unpaired) electrons. The first-order valence-electron chi connectivity index (χ1n) is 10.3. The first kappa shape index (κ1) is 23.9. The highest BCUT2D eigenvalue weighted by Gasteiger charge is 2.36. The molecule has 0 fully saturated rings. The first-order valence-corrected chi connectivity index (χ1v) is 11.5. The van der Waals surface area contributed by atoms with Crippen molar-refractivity contribution in [2.24, 2.45) is 0 Å². The number of nitrogens with zero attached hydrogens (tertiary/aromatic N) is 1. The van der Waals surface area contributed by atoms with Crippen molar-refractivity contribution in [3.8, 4) is 17.2 Å². The Bertz CT molecular complexity index is 1270. The van der Waals surface area contributed by atoms with Gasteiger partial charge in [0, 0.05) is 20.7 Å². The van der Waals surface area contributed by atoms with E-state index in [4.69, 9.17) is 25.8 Å². The predicted octanol–water partition coefficient (Wildman–Crippen LogP) is 5.31. The average molecular weight is 546 g/mol. The second-order valence-electron chi connectivity index (χ2n) is 7.52. The van der Waals surface area contributed by atoms with Crippen LogP contribution in [0.5, 0.6) is 17.2 Å². The molecular weight excluding hydrogens is 524 g/mol. The Morgan fingerprint density at radius 2 is 1.74 bits per heavy atom. The lowest BCUT2D eigenvalue weighted by molar-refractivity contribution is -0.117. The van der Waals surface area contributed by atoms with E-state index in [9.17, 15) is 9.59 Å².